The van der Waals surface area contributed by atoms with E-state index in [-0.39, 0.29) is 17.4 Å². The van der Waals surface area contributed by atoms with Crippen LogP contribution in [0.15, 0.2) is 65.8 Å². The molecule has 0 aromatic heterocycles. The normalized spacial score (nSPS) is 14.6. The summed E-state index contributed by atoms with van der Waals surface area (Å²) in [6.07, 6.45) is 6.68. The van der Waals surface area contributed by atoms with Crippen LogP contribution in [0.1, 0.15) is 48.0 Å². The number of hydrazone groups is 1. The molecule has 1 aliphatic rings. The Balaban J connectivity index is 1.60. The summed E-state index contributed by atoms with van der Waals surface area (Å²) in [5, 5.41) is 6.34. The second kappa shape index (κ2) is 9.75. The van der Waals surface area contributed by atoms with Crippen molar-refractivity contribution >= 4 is 40.5 Å². The molecule has 1 saturated carbocycles. The van der Waals surface area contributed by atoms with E-state index in [1.165, 1.54) is 12.6 Å². The van der Waals surface area contributed by atoms with Gasteiger partial charge in [0.05, 0.1) is 16.8 Å². The molecule has 5 nitrogen and oxygen atoms in total. The van der Waals surface area contributed by atoms with Crippen LogP contribution in [0.5, 0.6) is 5.75 Å². The molecule has 1 N–H and O–H groups in total. The van der Waals surface area contributed by atoms with Gasteiger partial charge in [-0.15, -0.1) is 0 Å². The third-order valence-corrected chi connectivity index (χ3v) is 5.90. The number of benzene rings is 3. The Labute approximate surface area is 186 Å². The molecule has 158 valence electrons. The SMILES string of the molecule is O=C(Oc1ccc2ccccc2c1C=NNC(=O)C1CCCCC1)c1ccccc1Cl. The fourth-order valence-electron chi connectivity index (χ4n) is 3.90. The average molecular weight is 435 g/mol. The summed E-state index contributed by atoms with van der Waals surface area (Å²) in [7, 11) is 0. The predicted octanol–water partition coefficient (Wildman–Crippen LogP) is 5.74. The standard InChI is InChI=1S/C25H23ClN2O3/c26-22-13-7-6-12-20(22)25(30)31-23-15-14-17-8-4-5-11-19(17)21(23)16-27-28-24(29)18-9-2-1-3-10-18/h4-8,11-16,18H,1-3,9-10H2,(H,28,29). The van der Waals surface area contributed by atoms with Crippen LogP contribution in [-0.2, 0) is 4.79 Å². The average Bonchev–Trinajstić information content (AvgIpc) is 2.81. The molecule has 4 rings (SSSR count). The van der Waals surface area contributed by atoms with Gasteiger partial charge in [-0.25, -0.2) is 10.2 Å². The second-order valence-electron chi connectivity index (χ2n) is 7.64. The Morgan fingerprint density at radius 2 is 1.71 bits per heavy atom. The van der Waals surface area contributed by atoms with Gasteiger partial charge in [-0.1, -0.05) is 73.3 Å². The van der Waals surface area contributed by atoms with Crippen LogP contribution < -0.4 is 10.2 Å². The number of halogens is 1. The highest BCUT2D eigenvalue weighted by molar-refractivity contribution is 6.33. The summed E-state index contributed by atoms with van der Waals surface area (Å²) < 4.78 is 5.67. The number of hydrogen-bond acceptors (Lipinski definition) is 4. The number of esters is 1. The molecule has 3 aromatic rings. The van der Waals surface area contributed by atoms with E-state index in [0.717, 1.165) is 36.5 Å². The van der Waals surface area contributed by atoms with Crippen molar-refractivity contribution in [3.8, 4) is 5.75 Å². The molecule has 0 bridgehead atoms. The minimum Gasteiger partial charge on any atom is -0.422 e. The number of carbonyl (C=O) groups is 2. The van der Waals surface area contributed by atoms with Crippen LogP contribution >= 0.6 is 11.6 Å². The summed E-state index contributed by atoms with van der Waals surface area (Å²) in [5.74, 6) is -0.261. The molecule has 1 fully saturated rings. The molecule has 6 heteroatoms. The number of carbonyl (C=O) groups excluding carboxylic acids is 2. The molecule has 3 aromatic carbocycles. The monoisotopic (exact) mass is 434 g/mol. The topological polar surface area (TPSA) is 67.8 Å². The third kappa shape index (κ3) is 4.94. The minimum absolute atomic E-state index is 0.0101. The molecule has 31 heavy (non-hydrogen) atoms. The lowest BCUT2D eigenvalue weighted by molar-refractivity contribution is -0.125. The number of nitrogens with zero attached hydrogens (tertiary/aromatic N) is 1. The van der Waals surface area contributed by atoms with E-state index < -0.39 is 5.97 Å². The fourth-order valence-corrected chi connectivity index (χ4v) is 4.11. The van der Waals surface area contributed by atoms with E-state index in [2.05, 4.69) is 10.5 Å². The Morgan fingerprint density at radius 3 is 2.52 bits per heavy atom. The van der Waals surface area contributed by atoms with Crippen molar-refractivity contribution in [3.63, 3.8) is 0 Å². The maximum absolute atomic E-state index is 12.7. The van der Waals surface area contributed by atoms with Crippen molar-refractivity contribution in [1.29, 1.82) is 0 Å². The zero-order chi connectivity index (χ0) is 21.6. The smallest absolute Gasteiger partial charge is 0.345 e. The highest BCUT2D eigenvalue weighted by Gasteiger charge is 2.21. The van der Waals surface area contributed by atoms with Crippen molar-refractivity contribution in [1.82, 2.24) is 5.43 Å². The Bertz CT molecular complexity index is 1140. The van der Waals surface area contributed by atoms with Crippen LogP contribution in [0.2, 0.25) is 5.02 Å². The van der Waals surface area contributed by atoms with Crippen LogP contribution in [0.25, 0.3) is 10.8 Å². The molecule has 0 saturated heterocycles. The van der Waals surface area contributed by atoms with Gasteiger partial charge in [-0.2, -0.15) is 5.10 Å². The maximum Gasteiger partial charge on any atom is 0.345 e. The lowest BCUT2D eigenvalue weighted by Crippen LogP contribution is -2.28. The van der Waals surface area contributed by atoms with Gasteiger partial charge < -0.3 is 4.74 Å². The van der Waals surface area contributed by atoms with Gasteiger partial charge in [0.2, 0.25) is 5.91 Å². The lowest BCUT2D eigenvalue weighted by Gasteiger charge is -2.19. The van der Waals surface area contributed by atoms with E-state index in [1.54, 1.807) is 30.3 Å². The Morgan fingerprint density at radius 1 is 0.968 bits per heavy atom. The van der Waals surface area contributed by atoms with Gasteiger partial charge in [0.1, 0.15) is 5.75 Å². The molecule has 1 aliphatic carbocycles. The van der Waals surface area contributed by atoms with Crippen LogP contribution in [-0.4, -0.2) is 18.1 Å². The third-order valence-electron chi connectivity index (χ3n) is 5.57. The van der Waals surface area contributed by atoms with Gasteiger partial charge in [-0.05, 0) is 41.8 Å². The van der Waals surface area contributed by atoms with Crippen LogP contribution in [0.4, 0.5) is 0 Å². The number of fused-ring (bicyclic) bond motifs is 1. The lowest BCUT2D eigenvalue weighted by atomic mass is 9.89. The fraction of sp³-hybridized carbons (Fsp3) is 0.240. The number of rotatable bonds is 5. The van der Waals surface area contributed by atoms with Gasteiger partial charge >= 0.3 is 5.97 Å². The Kier molecular flexibility index (Phi) is 6.63. The van der Waals surface area contributed by atoms with Crippen molar-refractivity contribution in [2.75, 3.05) is 0 Å². The first-order valence-electron chi connectivity index (χ1n) is 10.4. The quantitative estimate of drug-likeness (QED) is 0.241. The molecule has 0 radical (unpaired) electrons. The highest BCUT2D eigenvalue weighted by Crippen LogP contribution is 2.28. The summed E-state index contributed by atoms with van der Waals surface area (Å²) in [6.45, 7) is 0. The summed E-state index contributed by atoms with van der Waals surface area (Å²) in [4.78, 5) is 25.1. The number of nitrogens with one attached hydrogen (secondary N) is 1. The minimum atomic E-state index is -0.554. The van der Waals surface area contributed by atoms with E-state index in [0.29, 0.717) is 16.3 Å². The Hall–Kier alpha value is -3.18. The largest absolute Gasteiger partial charge is 0.422 e. The molecule has 0 spiro atoms. The first-order chi connectivity index (χ1) is 15.1. The zero-order valence-corrected chi connectivity index (χ0v) is 17.8. The summed E-state index contributed by atoms with van der Waals surface area (Å²) >= 11 is 6.14. The molecule has 1 amide bonds. The van der Waals surface area contributed by atoms with Gasteiger partial charge in [0.25, 0.3) is 0 Å². The molecular formula is C25H23ClN2O3. The number of ether oxygens (including phenoxy) is 1. The van der Waals surface area contributed by atoms with Gasteiger partial charge in [0, 0.05) is 11.5 Å². The number of amides is 1. The van der Waals surface area contributed by atoms with Crippen molar-refractivity contribution < 1.29 is 14.3 Å². The molecule has 0 atom stereocenters. The predicted molar refractivity (Wildman–Crippen MR) is 123 cm³/mol. The van der Waals surface area contributed by atoms with Crippen molar-refractivity contribution in [2.45, 2.75) is 32.1 Å². The maximum atomic E-state index is 12.7. The van der Waals surface area contributed by atoms with Gasteiger partial charge in [-0.3, -0.25) is 4.79 Å². The summed E-state index contributed by atoms with van der Waals surface area (Å²) in [5.41, 5.74) is 3.55. The molecule has 0 heterocycles. The zero-order valence-electron chi connectivity index (χ0n) is 17.0. The van der Waals surface area contributed by atoms with Gasteiger partial charge in [0.15, 0.2) is 0 Å². The molecule has 0 aliphatic heterocycles. The number of hydrogen-bond donors (Lipinski definition) is 1. The first kappa shape index (κ1) is 21.1. The van der Waals surface area contributed by atoms with E-state index in [1.807, 2.05) is 30.3 Å². The van der Waals surface area contributed by atoms with E-state index in [9.17, 15) is 9.59 Å². The van der Waals surface area contributed by atoms with E-state index in [4.69, 9.17) is 16.3 Å². The molecule has 0 unspecified atom stereocenters. The first-order valence-corrected chi connectivity index (χ1v) is 10.8. The van der Waals surface area contributed by atoms with Crippen LogP contribution in [0.3, 0.4) is 0 Å². The van der Waals surface area contributed by atoms with E-state index >= 15 is 0 Å². The second-order valence-corrected chi connectivity index (χ2v) is 8.04. The summed E-state index contributed by atoms with van der Waals surface area (Å²) in [6, 6.07) is 18.1. The van der Waals surface area contributed by atoms with Crippen LogP contribution in [0, 0.1) is 5.92 Å². The van der Waals surface area contributed by atoms with Crippen molar-refractivity contribution in [3.05, 3.63) is 76.8 Å². The molecular weight excluding hydrogens is 412 g/mol. The van der Waals surface area contributed by atoms with Crippen molar-refractivity contribution in [2.24, 2.45) is 11.0 Å². The highest BCUT2D eigenvalue weighted by atomic mass is 35.5.